The van der Waals surface area contributed by atoms with Gasteiger partial charge in [-0.05, 0) is 32.1 Å². The Balaban J connectivity index is 2.91. The van der Waals surface area contributed by atoms with Crippen LogP contribution in [-0.4, -0.2) is 34.5 Å². The topological polar surface area (TPSA) is 57.6 Å². The maximum atomic E-state index is 11.6. The highest BCUT2D eigenvalue weighted by molar-refractivity contribution is 5.81. The number of hydrogen-bond donors (Lipinski definition) is 1. The van der Waals surface area contributed by atoms with Crippen molar-refractivity contribution in [2.75, 3.05) is 6.54 Å². The van der Waals surface area contributed by atoms with E-state index in [0.717, 1.165) is 25.7 Å². The fraction of sp³-hybridized carbons (Fsp3) is 0.846. The first kappa shape index (κ1) is 14.0. The molecule has 2 atom stereocenters. The van der Waals surface area contributed by atoms with Gasteiger partial charge in [-0.2, -0.15) is 0 Å². The first-order valence-corrected chi connectivity index (χ1v) is 6.56. The molecule has 0 heterocycles. The zero-order valence-corrected chi connectivity index (χ0v) is 10.8. The second-order valence-corrected chi connectivity index (χ2v) is 4.93. The molecule has 1 amide bonds. The number of rotatable bonds is 5. The quantitative estimate of drug-likeness (QED) is 0.593. The molecule has 98 valence electrons. The van der Waals surface area contributed by atoms with Crippen molar-refractivity contribution in [3.05, 3.63) is 0 Å². The van der Waals surface area contributed by atoms with Crippen LogP contribution in [0, 0.1) is 5.92 Å². The third-order valence-corrected chi connectivity index (χ3v) is 4.16. The van der Waals surface area contributed by atoms with Gasteiger partial charge >= 0.3 is 5.97 Å². The number of hydrogen-bond acceptors (Lipinski definition) is 2. The maximum Gasteiger partial charge on any atom is 0.329 e. The number of likely N-dealkylation sites (N-methyl/N-ethyl adjacent to an activating group) is 1. The van der Waals surface area contributed by atoms with E-state index in [-0.39, 0.29) is 0 Å². The Kier molecular flexibility index (Phi) is 4.97. The average molecular weight is 241 g/mol. The van der Waals surface area contributed by atoms with Gasteiger partial charge in [0.1, 0.15) is 5.54 Å². The first-order chi connectivity index (χ1) is 8.10. The van der Waals surface area contributed by atoms with E-state index >= 15 is 0 Å². The van der Waals surface area contributed by atoms with Crippen LogP contribution in [0.3, 0.4) is 0 Å². The Morgan fingerprint density at radius 1 is 1.41 bits per heavy atom. The molecule has 0 saturated heterocycles. The van der Waals surface area contributed by atoms with Gasteiger partial charge in [-0.3, -0.25) is 4.79 Å². The summed E-state index contributed by atoms with van der Waals surface area (Å²) in [4.78, 5) is 24.1. The van der Waals surface area contributed by atoms with Gasteiger partial charge in [-0.15, -0.1) is 0 Å². The molecule has 17 heavy (non-hydrogen) atoms. The van der Waals surface area contributed by atoms with Crippen LogP contribution in [0.5, 0.6) is 0 Å². The van der Waals surface area contributed by atoms with E-state index in [0.29, 0.717) is 31.7 Å². The molecule has 0 aromatic carbocycles. The molecular formula is C13H23NO3. The Hall–Kier alpha value is -1.06. The highest BCUT2D eigenvalue weighted by Crippen LogP contribution is 2.35. The summed E-state index contributed by atoms with van der Waals surface area (Å²) in [6.07, 6.45) is 5.87. The lowest BCUT2D eigenvalue weighted by Crippen LogP contribution is -2.53. The fourth-order valence-corrected chi connectivity index (χ4v) is 2.91. The van der Waals surface area contributed by atoms with Gasteiger partial charge in [0, 0.05) is 6.54 Å². The van der Waals surface area contributed by atoms with Crippen molar-refractivity contribution >= 4 is 12.4 Å². The van der Waals surface area contributed by atoms with Crippen LogP contribution >= 0.6 is 0 Å². The summed E-state index contributed by atoms with van der Waals surface area (Å²) in [5.41, 5.74) is -0.958. The van der Waals surface area contributed by atoms with Gasteiger partial charge in [0.05, 0.1) is 0 Å². The lowest BCUT2D eigenvalue weighted by molar-refractivity contribution is -0.156. The van der Waals surface area contributed by atoms with E-state index in [1.165, 1.54) is 4.90 Å². The summed E-state index contributed by atoms with van der Waals surface area (Å²) >= 11 is 0. The molecule has 0 spiro atoms. The average Bonchev–Trinajstić information content (AvgIpc) is 2.54. The molecule has 1 N–H and O–H groups in total. The first-order valence-electron chi connectivity index (χ1n) is 6.56. The number of amides is 1. The normalized spacial score (nSPS) is 29.4. The number of nitrogens with zero attached hydrogens (tertiary/aromatic N) is 1. The molecule has 0 bridgehead atoms. The van der Waals surface area contributed by atoms with E-state index < -0.39 is 11.5 Å². The zero-order valence-electron chi connectivity index (χ0n) is 10.8. The van der Waals surface area contributed by atoms with Crippen LogP contribution < -0.4 is 0 Å². The molecule has 0 aromatic rings. The molecule has 0 aromatic heterocycles. The van der Waals surface area contributed by atoms with Crippen LogP contribution in [0.15, 0.2) is 0 Å². The Labute approximate surface area is 103 Å². The second kappa shape index (κ2) is 6.03. The molecule has 2 unspecified atom stereocenters. The van der Waals surface area contributed by atoms with Crippen LogP contribution in [0.2, 0.25) is 0 Å². The maximum absolute atomic E-state index is 11.6. The van der Waals surface area contributed by atoms with E-state index in [4.69, 9.17) is 0 Å². The van der Waals surface area contributed by atoms with E-state index in [2.05, 4.69) is 6.92 Å². The molecule has 1 rings (SSSR count). The lowest BCUT2D eigenvalue weighted by Gasteiger charge is -2.37. The third-order valence-electron chi connectivity index (χ3n) is 4.16. The van der Waals surface area contributed by atoms with Gasteiger partial charge in [0.2, 0.25) is 6.41 Å². The molecule has 1 aliphatic carbocycles. The largest absolute Gasteiger partial charge is 0.479 e. The van der Waals surface area contributed by atoms with Gasteiger partial charge in [-0.1, -0.05) is 26.2 Å². The molecule has 1 fully saturated rings. The summed E-state index contributed by atoms with van der Waals surface area (Å²) in [6, 6.07) is 0. The summed E-state index contributed by atoms with van der Waals surface area (Å²) in [5.74, 6) is -0.232. The predicted molar refractivity (Wildman–Crippen MR) is 65.7 cm³/mol. The van der Waals surface area contributed by atoms with Gasteiger partial charge in [0.25, 0.3) is 0 Å². The van der Waals surface area contributed by atoms with Crippen molar-refractivity contribution in [2.45, 2.75) is 57.9 Å². The molecule has 0 aliphatic heterocycles. The van der Waals surface area contributed by atoms with Gasteiger partial charge < -0.3 is 10.0 Å². The van der Waals surface area contributed by atoms with E-state index in [1.807, 2.05) is 6.92 Å². The van der Waals surface area contributed by atoms with Crippen LogP contribution in [0.1, 0.15) is 52.4 Å². The Morgan fingerprint density at radius 3 is 2.59 bits per heavy atom. The van der Waals surface area contributed by atoms with Crippen LogP contribution in [0.4, 0.5) is 0 Å². The van der Waals surface area contributed by atoms with Crippen LogP contribution in [-0.2, 0) is 9.59 Å². The molecule has 0 radical (unpaired) electrons. The van der Waals surface area contributed by atoms with E-state index in [1.54, 1.807) is 0 Å². The van der Waals surface area contributed by atoms with Crippen molar-refractivity contribution < 1.29 is 14.7 Å². The van der Waals surface area contributed by atoms with Gasteiger partial charge in [-0.25, -0.2) is 4.79 Å². The zero-order chi connectivity index (χ0) is 12.9. The highest BCUT2D eigenvalue weighted by Gasteiger charge is 2.44. The second-order valence-electron chi connectivity index (χ2n) is 4.93. The number of carboxylic acids is 1. The number of carboxylic acid groups (broad SMARTS) is 1. The molecule has 1 saturated carbocycles. The van der Waals surface area contributed by atoms with Gasteiger partial charge in [0.15, 0.2) is 0 Å². The minimum Gasteiger partial charge on any atom is -0.479 e. The van der Waals surface area contributed by atoms with Crippen LogP contribution in [0.25, 0.3) is 0 Å². The summed E-state index contributed by atoms with van der Waals surface area (Å²) in [5, 5.41) is 9.50. The summed E-state index contributed by atoms with van der Waals surface area (Å²) in [7, 11) is 0. The SMILES string of the molecule is CCC1CCCC(C(=O)O)(N(C=O)CC)CC1. The number of carbonyl (C=O) groups is 2. The molecule has 1 aliphatic rings. The Bertz CT molecular complexity index is 280. The molecule has 4 nitrogen and oxygen atoms in total. The number of carbonyl (C=O) groups excluding carboxylic acids is 1. The number of aliphatic carboxylic acids is 1. The monoisotopic (exact) mass is 241 g/mol. The Morgan fingerprint density at radius 2 is 2.12 bits per heavy atom. The molecule has 4 heteroatoms. The fourth-order valence-electron chi connectivity index (χ4n) is 2.91. The third kappa shape index (κ3) is 2.79. The van der Waals surface area contributed by atoms with Crippen molar-refractivity contribution in [1.82, 2.24) is 4.90 Å². The lowest BCUT2D eigenvalue weighted by atomic mass is 9.87. The highest BCUT2D eigenvalue weighted by atomic mass is 16.4. The minimum atomic E-state index is -0.958. The smallest absolute Gasteiger partial charge is 0.329 e. The summed E-state index contributed by atoms with van der Waals surface area (Å²) in [6.45, 7) is 4.45. The van der Waals surface area contributed by atoms with Crippen molar-refractivity contribution in [3.63, 3.8) is 0 Å². The van der Waals surface area contributed by atoms with E-state index in [9.17, 15) is 14.7 Å². The predicted octanol–water partition coefficient (Wildman–Crippen LogP) is 2.28. The molecular weight excluding hydrogens is 218 g/mol. The summed E-state index contributed by atoms with van der Waals surface area (Å²) < 4.78 is 0. The van der Waals surface area contributed by atoms with Crippen molar-refractivity contribution in [3.8, 4) is 0 Å². The van der Waals surface area contributed by atoms with Crippen molar-refractivity contribution in [1.29, 1.82) is 0 Å². The van der Waals surface area contributed by atoms with Crippen molar-refractivity contribution in [2.24, 2.45) is 5.92 Å². The minimum absolute atomic E-state index is 0.465. The standard InChI is InChI=1S/C13H23NO3/c1-3-11-6-5-8-13(9-7-11,12(16)17)14(4-2)10-15/h10-11H,3-9H2,1-2H3,(H,16,17).